The summed E-state index contributed by atoms with van der Waals surface area (Å²) >= 11 is 6.10. The van der Waals surface area contributed by atoms with E-state index in [-0.39, 0.29) is 18.4 Å². The molecule has 1 aromatic carbocycles. The highest BCUT2D eigenvalue weighted by molar-refractivity contribution is 6.30. The molecule has 1 aliphatic heterocycles. The van der Waals surface area contributed by atoms with Gasteiger partial charge in [-0.1, -0.05) is 23.7 Å². The SMILES string of the molecule is Cc1cc(C)n(CC(=O)N2CCCC(c3nc(N(C)C)ncc3-c3ccc(Cl)cc3)C2)n1. The summed E-state index contributed by atoms with van der Waals surface area (Å²) in [5, 5.41) is 5.14. The van der Waals surface area contributed by atoms with Gasteiger partial charge in [0.25, 0.3) is 0 Å². The molecule has 1 aliphatic rings. The first kappa shape index (κ1) is 22.3. The van der Waals surface area contributed by atoms with Gasteiger partial charge in [0.15, 0.2) is 0 Å². The Morgan fingerprint density at radius 2 is 1.97 bits per heavy atom. The van der Waals surface area contributed by atoms with Crippen LogP contribution in [0.3, 0.4) is 0 Å². The monoisotopic (exact) mass is 452 g/mol. The van der Waals surface area contributed by atoms with Crippen LogP contribution in [-0.2, 0) is 11.3 Å². The van der Waals surface area contributed by atoms with E-state index in [1.54, 1.807) is 4.68 Å². The molecule has 0 N–H and O–H groups in total. The molecule has 0 spiro atoms. The number of hydrogen-bond acceptors (Lipinski definition) is 5. The van der Waals surface area contributed by atoms with Crippen molar-refractivity contribution >= 4 is 23.5 Å². The summed E-state index contributed by atoms with van der Waals surface area (Å²) in [6, 6.07) is 9.74. The maximum atomic E-state index is 13.1. The quantitative estimate of drug-likeness (QED) is 0.583. The van der Waals surface area contributed by atoms with Crippen LogP contribution < -0.4 is 4.90 Å². The van der Waals surface area contributed by atoms with E-state index in [1.807, 2.05) is 74.3 Å². The van der Waals surface area contributed by atoms with Gasteiger partial charge in [-0.15, -0.1) is 0 Å². The van der Waals surface area contributed by atoms with Crippen LogP contribution in [-0.4, -0.2) is 57.7 Å². The molecule has 1 atom stereocenters. The zero-order chi connectivity index (χ0) is 22.8. The summed E-state index contributed by atoms with van der Waals surface area (Å²) in [5.74, 6) is 0.903. The lowest BCUT2D eigenvalue weighted by Gasteiger charge is -2.33. The largest absolute Gasteiger partial charge is 0.347 e. The van der Waals surface area contributed by atoms with Crippen LogP contribution in [0.25, 0.3) is 11.1 Å². The molecular weight excluding hydrogens is 424 g/mol. The number of amides is 1. The van der Waals surface area contributed by atoms with Gasteiger partial charge in [0.1, 0.15) is 6.54 Å². The van der Waals surface area contributed by atoms with Crippen LogP contribution >= 0.6 is 11.6 Å². The van der Waals surface area contributed by atoms with Gasteiger partial charge < -0.3 is 9.80 Å². The molecule has 0 bridgehead atoms. The second-order valence-electron chi connectivity index (χ2n) is 8.63. The van der Waals surface area contributed by atoms with Crippen molar-refractivity contribution in [3.8, 4) is 11.1 Å². The Balaban J connectivity index is 1.61. The smallest absolute Gasteiger partial charge is 0.244 e. The lowest BCUT2D eigenvalue weighted by molar-refractivity contribution is -0.133. The standard InChI is InChI=1S/C24H29ClN6O/c1-16-12-17(2)31(28-16)15-22(32)30-11-5-6-19(14-30)23-21(13-26-24(27-23)29(3)4)18-7-9-20(25)10-8-18/h7-10,12-13,19H,5-6,11,14-15H2,1-4H3. The van der Waals surface area contributed by atoms with Crippen LogP contribution in [0.4, 0.5) is 5.95 Å². The Bertz CT molecular complexity index is 1110. The van der Waals surface area contributed by atoms with Gasteiger partial charge >= 0.3 is 0 Å². The molecule has 2 aromatic heterocycles. The normalized spacial score (nSPS) is 16.3. The van der Waals surface area contributed by atoms with Gasteiger partial charge in [-0.3, -0.25) is 9.48 Å². The first-order valence-electron chi connectivity index (χ1n) is 10.9. The van der Waals surface area contributed by atoms with Gasteiger partial charge in [0.2, 0.25) is 11.9 Å². The first-order valence-corrected chi connectivity index (χ1v) is 11.3. The molecule has 7 nitrogen and oxygen atoms in total. The molecule has 32 heavy (non-hydrogen) atoms. The summed E-state index contributed by atoms with van der Waals surface area (Å²) in [5.41, 5.74) is 4.93. The number of piperidine rings is 1. The van der Waals surface area contributed by atoms with Crippen molar-refractivity contribution in [3.63, 3.8) is 0 Å². The van der Waals surface area contributed by atoms with Crippen LogP contribution in [0.15, 0.2) is 36.5 Å². The van der Waals surface area contributed by atoms with Gasteiger partial charge in [-0.25, -0.2) is 9.97 Å². The van der Waals surface area contributed by atoms with Crippen molar-refractivity contribution in [2.24, 2.45) is 0 Å². The zero-order valence-corrected chi connectivity index (χ0v) is 19.8. The number of aromatic nitrogens is 4. The number of benzene rings is 1. The predicted molar refractivity (Wildman–Crippen MR) is 127 cm³/mol. The second-order valence-corrected chi connectivity index (χ2v) is 9.07. The average molecular weight is 453 g/mol. The molecule has 1 fully saturated rings. The fraction of sp³-hybridized carbons (Fsp3) is 0.417. The number of halogens is 1. The van der Waals surface area contributed by atoms with Crippen molar-refractivity contribution in [1.82, 2.24) is 24.6 Å². The van der Waals surface area contributed by atoms with Crippen LogP contribution in [0.2, 0.25) is 5.02 Å². The minimum absolute atomic E-state index is 0.0934. The zero-order valence-electron chi connectivity index (χ0n) is 19.0. The van der Waals surface area contributed by atoms with Crippen molar-refractivity contribution in [2.75, 3.05) is 32.1 Å². The third-order valence-electron chi connectivity index (χ3n) is 5.91. The number of carbonyl (C=O) groups is 1. The minimum atomic E-state index is 0.0934. The number of hydrogen-bond donors (Lipinski definition) is 0. The van der Waals surface area contributed by atoms with Gasteiger partial charge in [-0.2, -0.15) is 5.10 Å². The highest BCUT2D eigenvalue weighted by Crippen LogP contribution is 2.34. The summed E-state index contributed by atoms with van der Waals surface area (Å²) in [7, 11) is 3.87. The molecular formula is C24H29ClN6O. The summed E-state index contributed by atoms with van der Waals surface area (Å²) in [4.78, 5) is 26.4. The summed E-state index contributed by atoms with van der Waals surface area (Å²) < 4.78 is 1.79. The molecule has 4 rings (SSSR count). The lowest BCUT2D eigenvalue weighted by Crippen LogP contribution is -2.41. The Morgan fingerprint density at radius 1 is 1.22 bits per heavy atom. The average Bonchev–Trinajstić information content (AvgIpc) is 3.10. The number of nitrogens with zero attached hydrogens (tertiary/aromatic N) is 6. The topological polar surface area (TPSA) is 67.2 Å². The van der Waals surface area contributed by atoms with Crippen LogP contribution in [0.1, 0.15) is 35.8 Å². The van der Waals surface area contributed by atoms with Crippen LogP contribution in [0.5, 0.6) is 0 Å². The highest BCUT2D eigenvalue weighted by atomic mass is 35.5. The van der Waals surface area contributed by atoms with E-state index in [4.69, 9.17) is 16.6 Å². The molecule has 3 aromatic rings. The second kappa shape index (κ2) is 9.28. The van der Waals surface area contributed by atoms with Crippen molar-refractivity contribution in [1.29, 1.82) is 0 Å². The number of likely N-dealkylation sites (tertiary alicyclic amines) is 1. The molecule has 1 unspecified atom stereocenters. The minimum Gasteiger partial charge on any atom is -0.347 e. The maximum absolute atomic E-state index is 13.1. The molecule has 1 saturated heterocycles. The van der Waals surface area contributed by atoms with Gasteiger partial charge in [-0.05, 0) is 50.5 Å². The molecule has 0 aliphatic carbocycles. The summed E-state index contributed by atoms with van der Waals surface area (Å²) in [6.07, 6.45) is 3.81. The summed E-state index contributed by atoms with van der Waals surface area (Å²) in [6.45, 7) is 5.59. The lowest BCUT2D eigenvalue weighted by atomic mass is 9.90. The molecule has 8 heteroatoms. The van der Waals surface area contributed by atoms with Crippen molar-refractivity contribution in [2.45, 2.75) is 39.2 Å². The van der Waals surface area contributed by atoms with Crippen LogP contribution in [0, 0.1) is 13.8 Å². The molecule has 0 saturated carbocycles. The third kappa shape index (κ3) is 4.78. The molecule has 3 heterocycles. The first-order chi connectivity index (χ1) is 15.3. The Hall–Kier alpha value is -2.93. The van der Waals surface area contributed by atoms with E-state index in [9.17, 15) is 4.79 Å². The maximum Gasteiger partial charge on any atom is 0.244 e. The molecule has 168 valence electrons. The van der Waals surface area contributed by atoms with E-state index in [0.717, 1.165) is 47.6 Å². The van der Waals surface area contributed by atoms with Gasteiger partial charge in [0, 0.05) is 55.6 Å². The van der Waals surface area contributed by atoms with E-state index in [2.05, 4.69) is 10.1 Å². The van der Waals surface area contributed by atoms with E-state index in [0.29, 0.717) is 17.5 Å². The fourth-order valence-electron chi connectivity index (χ4n) is 4.25. The van der Waals surface area contributed by atoms with Crippen molar-refractivity contribution < 1.29 is 4.79 Å². The predicted octanol–water partition coefficient (Wildman–Crippen LogP) is 4.08. The molecule has 0 radical (unpaired) electrons. The Morgan fingerprint density at radius 3 is 2.62 bits per heavy atom. The molecule has 1 amide bonds. The van der Waals surface area contributed by atoms with Gasteiger partial charge in [0.05, 0.1) is 11.4 Å². The Kier molecular flexibility index (Phi) is 6.46. The Labute approximate surface area is 194 Å². The fourth-order valence-corrected chi connectivity index (χ4v) is 4.38. The number of rotatable bonds is 5. The number of aryl methyl sites for hydroxylation is 2. The highest BCUT2D eigenvalue weighted by Gasteiger charge is 2.28. The van der Waals surface area contributed by atoms with E-state index >= 15 is 0 Å². The number of anilines is 1. The number of carbonyl (C=O) groups excluding carboxylic acids is 1. The van der Waals surface area contributed by atoms with Crippen molar-refractivity contribution in [3.05, 3.63) is 58.6 Å². The third-order valence-corrected chi connectivity index (χ3v) is 6.16. The van der Waals surface area contributed by atoms with E-state index in [1.165, 1.54) is 0 Å². The van der Waals surface area contributed by atoms with E-state index < -0.39 is 0 Å².